The number of nitriles is 1. The highest BCUT2D eigenvalue weighted by atomic mass is 16.5. The number of hydrogen-bond donors (Lipinski definition) is 0. The summed E-state index contributed by atoms with van der Waals surface area (Å²) >= 11 is 0. The smallest absolute Gasteiger partial charge is 0.343 e. The molecule has 0 radical (unpaired) electrons. The molecule has 0 atom stereocenters. The Balaban J connectivity index is 1.53. The van der Waals surface area contributed by atoms with Crippen LogP contribution in [-0.4, -0.2) is 11.9 Å². The van der Waals surface area contributed by atoms with E-state index in [4.69, 9.17) is 14.7 Å². The molecular weight excluding hydrogens is 402 g/mol. The van der Waals surface area contributed by atoms with E-state index in [0.717, 1.165) is 12.8 Å². The molecule has 32 heavy (non-hydrogen) atoms. The summed E-state index contributed by atoms with van der Waals surface area (Å²) in [6.07, 6.45) is 5.84. The minimum absolute atomic E-state index is 0.321. The summed E-state index contributed by atoms with van der Waals surface area (Å²) in [7, 11) is 0. The van der Waals surface area contributed by atoms with E-state index >= 15 is 0 Å². The van der Waals surface area contributed by atoms with Gasteiger partial charge in [0, 0.05) is 0 Å². The molecule has 5 heteroatoms. The number of aryl methyl sites for hydroxylation is 1. The lowest BCUT2D eigenvalue weighted by molar-refractivity contribution is 0.0730. The largest absolute Gasteiger partial charge is 0.423 e. The van der Waals surface area contributed by atoms with Crippen molar-refractivity contribution in [2.45, 2.75) is 39.0 Å². The van der Waals surface area contributed by atoms with Crippen molar-refractivity contribution < 1.29 is 19.1 Å². The lowest BCUT2D eigenvalue weighted by Crippen LogP contribution is -2.10. The van der Waals surface area contributed by atoms with E-state index in [1.54, 1.807) is 48.5 Å². The summed E-state index contributed by atoms with van der Waals surface area (Å²) in [6, 6.07) is 21.9. The first kappa shape index (κ1) is 22.8. The molecular formula is C27H25NO4. The summed E-state index contributed by atoms with van der Waals surface area (Å²) < 4.78 is 10.7. The predicted octanol–water partition coefficient (Wildman–Crippen LogP) is 6.12. The second kappa shape index (κ2) is 11.5. The van der Waals surface area contributed by atoms with Gasteiger partial charge >= 0.3 is 11.9 Å². The van der Waals surface area contributed by atoms with Crippen molar-refractivity contribution >= 4 is 11.9 Å². The normalized spacial score (nSPS) is 10.2. The molecule has 0 spiro atoms. The van der Waals surface area contributed by atoms with Crippen LogP contribution in [-0.2, 0) is 6.42 Å². The third-order valence-corrected chi connectivity index (χ3v) is 5.00. The molecule has 0 N–H and O–H groups in total. The molecule has 3 aromatic carbocycles. The van der Waals surface area contributed by atoms with Crippen molar-refractivity contribution in [3.63, 3.8) is 0 Å². The Hall–Kier alpha value is -3.91. The summed E-state index contributed by atoms with van der Waals surface area (Å²) in [5.74, 6) is -0.301. The zero-order valence-corrected chi connectivity index (χ0v) is 18.0. The summed E-state index contributed by atoms with van der Waals surface area (Å²) in [6.45, 7) is 2.19. The number of unbranched alkanes of at least 4 members (excludes halogenated alkanes) is 3. The van der Waals surface area contributed by atoms with Crippen LogP contribution in [0.25, 0.3) is 0 Å². The van der Waals surface area contributed by atoms with Gasteiger partial charge in [0.1, 0.15) is 11.5 Å². The number of carbonyl (C=O) groups excluding carboxylic acids is 2. The molecule has 0 fully saturated rings. The van der Waals surface area contributed by atoms with E-state index in [1.807, 2.05) is 18.2 Å². The fraction of sp³-hybridized carbons (Fsp3) is 0.222. The number of hydrogen-bond acceptors (Lipinski definition) is 5. The number of nitrogens with zero attached hydrogens (tertiary/aromatic N) is 1. The first-order chi connectivity index (χ1) is 15.6. The molecule has 0 unspecified atom stereocenters. The monoisotopic (exact) mass is 427 g/mol. The van der Waals surface area contributed by atoms with Crippen LogP contribution in [0.5, 0.6) is 11.5 Å². The quantitative estimate of drug-likeness (QED) is 0.234. The van der Waals surface area contributed by atoms with Crippen molar-refractivity contribution in [2.24, 2.45) is 0 Å². The second-order valence-corrected chi connectivity index (χ2v) is 7.45. The van der Waals surface area contributed by atoms with Gasteiger partial charge in [-0.1, -0.05) is 38.3 Å². The van der Waals surface area contributed by atoms with Crippen molar-refractivity contribution in [2.75, 3.05) is 0 Å². The molecule has 3 aromatic rings. The molecule has 0 aromatic heterocycles. The van der Waals surface area contributed by atoms with E-state index in [2.05, 4.69) is 6.92 Å². The number of carbonyl (C=O) groups is 2. The fourth-order valence-corrected chi connectivity index (χ4v) is 3.15. The lowest BCUT2D eigenvalue weighted by Gasteiger charge is -2.07. The Morgan fingerprint density at radius 3 is 1.72 bits per heavy atom. The summed E-state index contributed by atoms with van der Waals surface area (Å²) in [4.78, 5) is 24.7. The molecule has 0 aliphatic carbocycles. The minimum Gasteiger partial charge on any atom is -0.423 e. The van der Waals surface area contributed by atoms with E-state index < -0.39 is 11.9 Å². The van der Waals surface area contributed by atoms with Crippen molar-refractivity contribution in [3.05, 3.63) is 95.1 Å². The SMILES string of the molecule is CCCCCCc1ccc(C(=O)Oc2ccc(C(=O)Oc3ccc(C#N)cc3)cc2)cc1. The maximum atomic E-state index is 12.4. The van der Waals surface area contributed by atoms with E-state index in [1.165, 1.54) is 37.0 Å². The third-order valence-electron chi connectivity index (χ3n) is 5.00. The van der Waals surface area contributed by atoms with Gasteiger partial charge in [-0.15, -0.1) is 0 Å². The van der Waals surface area contributed by atoms with Gasteiger partial charge in [0.15, 0.2) is 0 Å². The van der Waals surface area contributed by atoms with Gasteiger partial charge in [0.25, 0.3) is 0 Å². The zero-order chi connectivity index (χ0) is 22.8. The van der Waals surface area contributed by atoms with Crippen molar-refractivity contribution in [1.29, 1.82) is 5.26 Å². The van der Waals surface area contributed by atoms with Gasteiger partial charge in [-0.2, -0.15) is 5.26 Å². The fourth-order valence-electron chi connectivity index (χ4n) is 3.15. The number of ether oxygens (including phenoxy) is 2. The third kappa shape index (κ3) is 6.55. The lowest BCUT2D eigenvalue weighted by atomic mass is 10.0. The molecule has 0 saturated heterocycles. The maximum Gasteiger partial charge on any atom is 0.343 e. The highest BCUT2D eigenvalue weighted by molar-refractivity contribution is 5.92. The van der Waals surface area contributed by atoms with Gasteiger partial charge in [0.2, 0.25) is 0 Å². The van der Waals surface area contributed by atoms with Gasteiger partial charge in [-0.3, -0.25) is 0 Å². The zero-order valence-electron chi connectivity index (χ0n) is 18.0. The highest BCUT2D eigenvalue weighted by Gasteiger charge is 2.12. The molecule has 162 valence electrons. The molecule has 3 rings (SSSR count). The number of rotatable bonds is 9. The molecule has 0 saturated carbocycles. The topological polar surface area (TPSA) is 76.4 Å². The Morgan fingerprint density at radius 1 is 0.719 bits per heavy atom. The molecule has 0 aliphatic rings. The molecule has 0 amide bonds. The number of esters is 2. The van der Waals surface area contributed by atoms with Crippen molar-refractivity contribution in [1.82, 2.24) is 0 Å². The van der Waals surface area contributed by atoms with Gasteiger partial charge in [-0.05, 0) is 79.1 Å². The maximum absolute atomic E-state index is 12.4. The summed E-state index contributed by atoms with van der Waals surface area (Å²) in [5.41, 5.74) is 2.49. The van der Waals surface area contributed by atoms with Crippen LogP contribution in [0.3, 0.4) is 0 Å². The van der Waals surface area contributed by atoms with Crippen LogP contribution in [0.4, 0.5) is 0 Å². The van der Waals surface area contributed by atoms with Crippen LogP contribution >= 0.6 is 0 Å². The average molecular weight is 428 g/mol. The van der Waals surface area contributed by atoms with E-state index in [9.17, 15) is 9.59 Å². The van der Waals surface area contributed by atoms with Crippen LogP contribution in [0, 0.1) is 11.3 Å². The Morgan fingerprint density at radius 2 is 1.22 bits per heavy atom. The van der Waals surface area contributed by atoms with Crippen LogP contribution in [0.1, 0.15) is 64.4 Å². The van der Waals surface area contributed by atoms with Gasteiger partial charge in [-0.25, -0.2) is 9.59 Å². The first-order valence-electron chi connectivity index (χ1n) is 10.7. The van der Waals surface area contributed by atoms with Crippen molar-refractivity contribution in [3.8, 4) is 17.6 Å². The minimum atomic E-state index is -0.540. The van der Waals surface area contributed by atoms with Crippen LogP contribution in [0.2, 0.25) is 0 Å². The molecule has 0 bridgehead atoms. The number of benzene rings is 3. The standard InChI is InChI=1S/C27H25NO4/c1-2-3-4-5-6-20-7-11-22(12-8-20)26(29)32-25-17-13-23(14-18-25)27(30)31-24-15-9-21(19-28)10-16-24/h7-18H,2-6H2,1H3. The van der Waals surface area contributed by atoms with Gasteiger partial charge < -0.3 is 9.47 Å². The highest BCUT2D eigenvalue weighted by Crippen LogP contribution is 2.18. The molecule has 5 nitrogen and oxygen atoms in total. The van der Waals surface area contributed by atoms with Crippen LogP contribution in [0.15, 0.2) is 72.8 Å². The van der Waals surface area contributed by atoms with Crippen LogP contribution < -0.4 is 9.47 Å². The molecule has 0 aliphatic heterocycles. The Bertz CT molecular complexity index is 1080. The van der Waals surface area contributed by atoms with Gasteiger partial charge in [0.05, 0.1) is 22.8 Å². The van der Waals surface area contributed by atoms with E-state index in [-0.39, 0.29) is 0 Å². The molecule has 0 heterocycles. The average Bonchev–Trinajstić information content (AvgIpc) is 2.83. The second-order valence-electron chi connectivity index (χ2n) is 7.45. The van der Waals surface area contributed by atoms with E-state index in [0.29, 0.717) is 28.2 Å². The Labute approximate surface area is 188 Å². The Kier molecular flexibility index (Phi) is 8.16. The first-order valence-corrected chi connectivity index (χ1v) is 10.7. The summed E-state index contributed by atoms with van der Waals surface area (Å²) in [5, 5.41) is 8.82. The predicted molar refractivity (Wildman–Crippen MR) is 122 cm³/mol.